The quantitative estimate of drug-likeness (QED) is 0.750. The van der Waals surface area contributed by atoms with Crippen LogP contribution in [0.3, 0.4) is 0 Å². The maximum Gasteiger partial charge on any atom is 0.143 e. The number of methoxy groups -OCH3 is 1. The Morgan fingerprint density at radius 3 is 2.76 bits per heavy atom. The number of hydrogen-bond acceptors (Lipinski definition) is 3. The molecule has 0 saturated heterocycles. The predicted molar refractivity (Wildman–Crippen MR) is 81.8 cm³/mol. The molecule has 21 heavy (non-hydrogen) atoms. The average Bonchev–Trinajstić information content (AvgIpc) is 2.85. The minimum Gasteiger partial charge on any atom is -0.497 e. The molecule has 0 aliphatic rings. The number of ether oxygens (including phenoxy) is 1. The third-order valence-corrected chi connectivity index (χ3v) is 3.53. The van der Waals surface area contributed by atoms with Crippen LogP contribution >= 0.6 is 0 Å². The van der Waals surface area contributed by atoms with Crippen molar-refractivity contribution in [2.45, 2.75) is 13.5 Å². The molecular formula is C16H16FN3O. The number of rotatable bonds is 3. The Labute approximate surface area is 122 Å². The van der Waals surface area contributed by atoms with Gasteiger partial charge in [0.2, 0.25) is 0 Å². The van der Waals surface area contributed by atoms with Crippen molar-refractivity contribution in [3.63, 3.8) is 0 Å². The van der Waals surface area contributed by atoms with Gasteiger partial charge in [-0.05, 0) is 37.3 Å². The lowest BCUT2D eigenvalue weighted by Crippen LogP contribution is -2.00. The molecule has 0 unspecified atom stereocenters. The summed E-state index contributed by atoms with van der Waals surface area (Å²) in [7, 11) is 1.60. The molecule has 4 nitrogen and oxygen atoms in total. The largest absolute Gasteiger partial charge is 0.497 e. The second-order valence-electron chi connectivity index (χ2n) is 4.77. The van der Waals surface area contributed by atoms with Gasteiger partial charge >= 0.3 is 0 Å². The maximum absolute atomic E-state index is 13.4. The molecule has 108 valence electrons. The number of anilines is 1. The first-order valence-corrected chi connectivity index (χ1v) is 6.73. The minimum absolute atomic E-state index is 0.298. The fourth-order valence-electron chi connectivity index (χ4n) is 2.48. The van der Waals surface area contributed by atoms with Crippen LogP contribution < -0.4 is 10.5 Å². The van der Waals surface area contributed by atoms with E-state index in [4.69, 9.17) is 10.5 Å². The van der Waals surface area contributed by atoms with E-state index in [9.17, 15) is 4.39 Å². The highest BCUT2D eigenvalue weighted by Gasteiger charge is 2.15. The number of aromatic nitrogens is 2. The molecule has 0 fully saturated rings. The van der Waals surface area contributed by atoms with Gasteiger partial charge in [-0.3, -0.25) is 0 Å². The topological polar surface area (TPSA) is 53.1 Å². The summed E-state index contributed by atoms with van der Waals surface area (Å²) in [6.07, 6.45) is 0. The number of imidazole rings is 1. The Morgan fingerprint density at radius 2 is 2.05 bits per heavy atom. The summed E-state index contributed by atoms with van der Waals surface area (Å²) in [5, 5.41) is 0. The highest BCUT2D eigenvalue weighted by atomic mass is 19.1. The molecule has 5 heteroatoms. The fraction of sp³-hybridized carbons (Fsp3) is 0.188. The highest BCUT2D eigenvalue weighted by Crippen LogP contribution is 2.32. The van der Waals surface area contributed by atoms with E-state index >= 15 is 0 Å². The van der Waals surface area contributed by atoms with E-state index in [2.05, 4.69) is 4.98 Å². The predicted octanol–water partition coefficient (Wildman–Crippen LogP) is 3.45. The standard InChI is InChI=1S/C16H16FN3O/c1-3-20-15-7-4-10(17)8-14(15)19-16(20)12-9-11(21-2)5-6-13(12)18/h4-9H,3,18H2,1-2H3. The SMILES string of the molecule is CCn1c(-c2cc(OC)ccc2N)nc2cc(F)ccc21. The summed E-state index contributed by atoms with van der Waals surface area (Å²) in [6, 6.07) is 10.0. The molecule has 0 atom stereocenters. The van der Waals surface area contributed by atoms with Gasteiger partial charge in [0.15, 0.2) is 0 Å². The van der Waals surface area contributed by atoms with Crippen LogP contribution in [0, 0.1) is 5.82 Å². The van der Waals surface area contributed by atoms with Gasteiger partial charge in [-0.2, -0.15) is 0 Å². The van der Waals surface area contributed by atoms with E-state index in [0.29, 0.717) is 23.5 Å². The summed E-state index contributed by atoms with van der Waals surface area (Å²) in [5.41, 5.74) is 8.97. The number of nitrogens with zero attached hydrogens (tertiary/aromatic N) is 2. The van der Waals surface area contributed by atoms with E-state index in [0.717, 1.165) is 16.9 Å². The second kappa shape index (κ2) is 5.09. The van der Waals surface area contributed by atoms with Crippen LogP contribution in [0.2, 0.25) is 0 Å². The van der Waals surface area contributed by atoms with Gasteiger partial charge in [-0.15, -0.1) is 0 Å². The van der Waals surface area contributed by atoms with Gasteiger partial charge in [0.25, 0.3) is 0 Å². The van der Waals surface area contributed by atoms with Crippen LogP contribution in [0.15, 0.2) is 36.4 Å². The first-order valence-electron chi connectivity index (χ1n) is 6.73. The number of nitrogen functional groups attached to an aromatic ring is 1. The summed E-state index contributed by atoms with van der Waals surface area (Å²) < 4.78 is 20.6. The van der Waals surface area contributed by atoms with Crippen molar-refractivity contribution < 1.29 is 9.13 Å². The van der Waals surface area contributed by atoms with Gasteiger partial charge in [-0.1, -0.05) is 0 Å². The third-order valence-electron chi connectivity index (χ3n) is 3.53. The monoisotopic (exact) mass is 285 g/mol. The zero-order chi connectivity index (χ0) is 15.0. The zero-order valence-electron chi connectivity index (χ0n) is 11.9. The number of fused-ring (bicyclic) bond motifs is 1. The van der Waals surface area contributed by atoms with E-state index in [1.165, 1.54) is 12.1 Å². The minimum atomic E-state index is -0.298. The lowest BCUT2D eigenvalue weighted by Gasteiger charge is -2.10. The first-order chi connectivity index (χ1) is 10.1. The summed E-state index contributed by atoms with van der Waals surface area (Å²) >= 11 is 0. The summed E-state index contributed by atoms with van der Waals surface area (Å²) in [6.45, 7) is 2.73. The molecule has 0 amide bonds. The van der Waals surface area contributed by atoms with E-state index in [1.807, 2.05) is 17.6 Å². The van der Waals surface area contributed by atoms with E-state index in [-0.39, 0.29) is 5.82 Å². The molecule has 2 N–H and O–H groups in total. The molecule has 3 aromatic rings. The highest BCUT2D eigenvalue weighted by molar-refractivity contribution is 5.84. The maximum atomic E-state index is 13.4. The smallest absolute Gasteiger partial charge is 0.143 e. The summed E-state index contributed by atoms with van der Waals surface area (Å²) in [5.74, 6) is 1.13. The van der Waals surface area contributed by atoms with Crippen LogP contribution in [0.4, 0.5) is 10.1 Å². The Balaban J connectivity index is 2.29. The number of benzene rings is 2. The van der Waals surface area contributed by atoms with Crippen molar-refractivity contribution in [1.82, 2.24) is 9.55 Å². The molecule has 1 heterocycles. The molecule has 3 rings (SSSR count). The Morgan fingerprint density at radius 1 is 1.24 bits per heavy atom. The van der Waals surface area contributed by atoms with Crippen LogP contribution in [0.5, 0.6) is 5.75 Å². The van der Waals surface area contributed by atoms with Crippen molar-refractivity contribution >= 4 is 16.7 Å². The van der Waals surface area contributed by atoms with Crippen LogP contribution in [-0.4, -0.2) is 16.7 Å². The van der Waals surface area contributed by atoms with Gasteiger partial charge in [0.05, 0.1) is 18.1 Å². The van der Waals surface area contributed by atoms with Gasteiger partial charge in [0.1, 0.15) is 17.4 Å². The van der Waals surface area contributed by atoms with Crippen molar-refractivity contribution in [3.05, 3.63) is 42.2 Å². The molecule has 0 aliphatic carbocycles. The van der Waals surface area contributed by atoms with Gasteiger partial charge < -0.3 is 15.0 Å². The Bertz CT molecular complexity index is 811. The van der Waals surface area contributed by atoms with Gasteiger partial charge in [0, 0.05) is 23.9 Å². The molecule has 1 aromatic heterocycles. The fourth-order valence-corrected chi connectivity index (χ4v) is 2.48. The van der Waals surface area contributed by atoms with Crippen molar-refractivity contribution in [3.8, 4) is 17.1 Å². The third kappa shape index (κ3) is 2.20. The number of hydrogen-bond donors (Lipinski definition) is 1. The molecule has 0 spiro atoms. The molecule has 2 aromatic carbocycles. The Hall–Kier alpha value is -2.56. The van der Waals surface area contributed by atoms with Crippen molar-refractivity contribution in [2.24, 2.45) is 0 Å². The van der Waals surface area contributed by atoms with E-state index in [1.54, 1.807) is 25.3 Å². The van der Waals surface area contributed by atoms with E-state index < -0.39 is 0 Å². The van der Waals surface area contributed by atoms with Crippen LogP contribution in [0.25, 0.3) is 22.4 Å². The first kappa shape index (κ1) is 13.4. The lowest BCUT2D eigenvalue weighted by atomic mass is 10.1. The Kier molecular flexibility index (Phi) is 3.25. The molecule has 0 saturated carbocycles. The normalized spacial score (nSPS) is 11.0. The van der Waals surface area contributed by atoms with Crippen LogP contribution in [0.1, 0.15) is 6.92 Å². The van der Waals surface area contributed by atoms with Gasteiger partial charge in [-0.25, -0.2) is 9.37 Å². The van der Waals surface area contributed by atoms with Crippen molar-refractivity contribution in [2.75, 3.05) is 12.8 Å². The molecule has 0 aliphatic heterocycles. The number of nitrogens with two attached hydrogens (primary N) is 1. The molecule has 0 radical (unpaired) electrons. The lowest BCUT2D eigenvalue weighted by molar-refractivity contribution is 0.415. The van der Waals surface area contributed by atoms with Crippen LogP contribution in [-0.2, 0) is 6.54 Å². The molecule has 0 bridgehead atoms. The average molecular weight is 285 g/mol. The number of halogens is 1. The summed E-state index contributed by atoms with van der Waals surface area (Å²) in [4.78, 5) is 4.54. The second-order valence-corrected chi connectivity index (χ2v) is 4.77. The number of aryl methyl sites for hydroxylation is 1. The zero-order valence-corrected chi connectivity index (χ0v) is 11.9. The molecular weight excluding hydrogens is 269 g/mol. The van der Waals surface area contributed by atoms with Crippen molar-refractivity contribution in [1.29, 1.82) is 0 Å².